The molecule has 4 aromatic rings. The molecule has 3 aromatic heterocycles. The lowest BCUT2D eigenvalue weighted by Gasteiger charge is -2.14. The third-order valence-corrected chi connectivity index (χ3v) is 7.00. The van der Waals surface area contributed by atoms with Crippen molar-refractivity contribution in [1.29, 1.82) is 0 Å². The predicted octanol–water partition coefficient (Wildman–Crippen LogP) is 4.30. The quantitative estimate of drug-likeness (QED) is 0.294. The number of pyridine rings is 1. The van der Waals surface area contributed by atoms with Crippen LogP contribution in [0.25, 0.3) is 20.7 Å². The molecular formula is C25H27FN6O3S. The minimum Gasteiger partial charge on any atom is -0.453 e. The molecule has 3 N–H and O–H groups in total. The fourth-order valence-electron chi connectivity index (χ4n) is 3.67. The molecule has 36 heavy (non-hydrogen) atoms. The van der Waals surface area contributed by atoms with Gasteiger partial charge in [0.25, 0.3) is 0 Å². The summed E-state index contributed by atoms with van der Waals surface area (Å²) in [5.74, 6) is -0.0146. The predicted molar refractivity (Wildman–Crippen MR) is 137 cm³/mol. The Bertz CT molecular complexity index is 1370. The molecule has 2 amide bonds. The number of fused-ring (bicyclic) bond motifs is 1. The van der Waals surface area contributed by atoms with Crippen LogP contribution in [0.15, 0.2) is 48.9 Å². The largest absolute Gasteiger partial charge is 0.453 e. The molecule has 5 rings (SSSR count). The van der Waals surface area contributed by atoms with Gasteiger partial charge in [-0.2, -0.15) is 5.10 Å². The number of nitrogens with zero attached hydrogens (tertiary/aromatic N) is 4. The summed E-state index contributed by atoms with van der Waals surface area (Å²) in [6.45, 7) is 2.23. The van der Waals surface area contributed by atoms with Gasteiger partial charge in [0.2, 0.25) is 0 Å². The van der Waals surface area contributed by atoms with Crippen LogP contribution >= 0.6 is 11.3 Å². The molecule has 0 saturated heterocycles. The molecule has 188 valence electrons. The molecule has 11 heteroatoms. The standard InChI is InChI=1S/C25H27FN6O3S/c1-31(10-11-33)8-9-32-15-16(14-28-32)23-13-20-24(36-23)22(6-7-27-20)35-21-5-4-18(12-19(21)26)30-25(34)29-17-2-3-17/h4-7,12-15,17,33H,2-3,8-11H2,1H3,(H2,29,30,34). The molecule has 1 fully saturated rings. The number of likely N-dealkylation sites (N-methyl/N-ethyl adjacent to an activating group) is 1. The van der Waals surface area contributed by atoms with Gasteiger partial charge in [0.1, 0.15) is 5.75 Å². The average Bonchev–Trinajstić information content (AvgIpc) is 3.35. The van der Waals surface area contributed by atoms with E-state index >= 15 is 0 Å². The van der Waals surface area contributed by atoms with Gasteiger partial charge in [-0.1, -0.05) is 0 Å². The van der Waals surface area contributed by atoms with E-state index in [1.54, 1.807) is 18.3 Å². The first-order chi connectivity index (χ1) is 17.5. The van der Waals surface area contributed by atoms with E-state index in [0.29, 0.717) is 24.5 Å². The fourth-order valence-corrected chi connectivity index (χ4v) is 4.71. The summed E-state index contributed by atoms with van der Waals surface area (Å²) >= 11 is 1.50. The summed E-state index contributed by atoms with van der Waals surface area (Å²) in [7, 11) is 1.96. The van der Waals surface area contributed by atoms with Crippen LogP contribution in [0.3, 0.4) is 0 Å². The summed E-state index contributed by atoms with van der Waals surface area (Å²) in [5, 5.41) is 18.9. The van der Waals surface area contributed by atoms with Gasteiger partial charge in [-0.15, -0.1) is 11.3 Å². The second-order valence-corrected chi connectivity index (χ2v) is 9.83. The van der Waals surface area contributed by atoms with Gasteiger partial charge < -0.3 is 25.4 Å². The third-order valence-electron chi connectivity index (χ3n) is 5.81. The number of urea groups is 1. The Morgan fingerprint density at radius 1 is 1.28 bits per heavy atom. The van der Waals surface area contributed by atoms with Crippen LogP contribution in [0.4, 0.5) is 14.9 Å². The number of ether oxygens (including phenoxy) is 1. The molecular weight excluding hydrogens is 483 g/mol. The Hall–Kier alpha value is -3.54. The average molecular weight is 511 g/mol. The summed E-state index contributed by atoms with van der Waals surface area (Å²) in [4.78, 5) is 19.4. The molecule has 0 aliphatic heterocycles. The van der Waals surface area contributed by atoms with Crippen molar-refractivity contribution in [3.63, 3.8) is 0 Å². The molecule has 0 bridgehead atoms. The summed E-state index contributed by atoms with van der Waals surface area (Å²) in [5.41, 5.74) is 2.06. The smallest absolute Gasteiger partial charge is 0.319 e. The fraction of sp³-hybridized carbons (Fsp3) is 0.320. The number of anilines is 1. The molecule has 0 atom stereocenters. The Labute approximate surface area is 211 Å². The minimum atomic E-state index is -0.576. The number of amides is 2. The zero-order chi connectivity index (χ0) is 25.1. The van der Waals surface area contributed by atoms with Gasteiger partial charge >= 0.3 is 6.03 Å². The van der Waals surface area contributed by atoms with Gasteiger partial charge in [0.05, 0.1) is 29.6 Å². The summed E-state index contributed by atoms with van der Waals surface area (Å²) < 4.78 is 23.4. The van der Waals surface area contributed by atoms with E-state index in [0.717, 1.165) is 40.0 Å². The maximum absolute atomic E-state index is 14.8. The number of aliphatic hydroxyl groups is 1. The normalized spacial score (nSPS) is 13.3. The second kappa shape index (κ2) is 10.6. The second-order valence-electron chi connectivity index (χ2n) is 8.77. The molecule has 3 heterocycles. The minimum absolute atomic E-state index is 0.0606. The number of thiophene rings is 1. The van der Waals surface area contributed by atoms with Crippen molar-refractivity contribution in [3.05, 3.63) is 54.7 Å². The zero-order valence-corrected chi connectivity index (χ0v) is 20.6. The number of benzene rings is 1. The number of carbonyl (C=O) groups excluding carboxylic acids is 1. The number of aromatic nitrogens is 3. The molecule has 0 unspecified atom stereocenters. The van der Waals surface area contributed by atoms with E-state index < -0.39 is 5.82 Å². The van der Waals surface area contributed by atoms with E-state index in [4.69, 9.17) is 9.84 Å². The number of rotatable bonds is 10. The Morgan fingerprint density at radius 2 is 2.14 bits per heavy atom. The Morgan fingerprint density at radius 3 is 2.92 bits per heavy atom. The van der Waals surface area contributed by atoms with E-state index in [1.165, 1.54) is 23.5 Å². The lowest BCUT2D eigenvalue weighted by atomic mass is 10.2. The highest BCUT2D eigenvalue weighted by Gasteiger charge is 2.23. The van der Waals surface area contributed by atoms with Crippen molar-refractivity contribution in [2.45, 2.75) is 25.4 Å². The van der Waals surface area contributed by atoms with Crippen LogP contribution in [0, 0.1) is 5.82 Å². The van der Waals surface area contributed by atoms with Crippen LogP contribution in [-0.2, 0) is 6.54 Å². The number of hydrogen-bond acceptors (Lipinski definition) is 7. The maximum atomic E-state index is 14.8. The molecule has 1 aliphatic rings. The van der Waals surface area contributed by atoms with Crippen LogP contribution < -0.4 is 15.4 Å². The first-order valence-corrected chi connectivity index (χ1v) is 12.6. The zero-order valence-electron chi connectivity index (χ0n) is 19.8. The monoisotopic (exact) mass is 510 g/mol. The number of hydrogen-bond donors (Lipinski definition) is 3. The maximum Gasteiger partial charge on any atom is 0.319 e. The molecule has 0 spiro atoms. The topological polar surface area (TPSA) is 105 Å². The van der Waals surface area contributed by atoms with E-state index in [1.807, 2.05) is 35.1 Å². The van der Waals surface area contributed by atoms with Crippen LogP contribution in [0.2, 0.25) is 0 Å². The van der Waals surface area contributed by atoms with Crippen molar-refractivity contribution in [1.82, 2.24) is 25.0 Å². The Kier molecular flexibility index (Phi) is 7.12. The van der Waals surface area contributed by atoms with Gasteiger partial charge in [-0.05, 0) is 38.1 Å². The summed E-state index contributed by atoms with van der Waals surface area (Å²) in [6, 6.07) is 7.90. The number of aliphatic hydroxyl groups excluding tert-OH is 1. The first-order valence-electron chi connectivity index (χ1n) is 11.7. The van der Waals surface area contributed by atoms with E-state index in [9.17, 15) is 9.18 Å². The lowest BCUT2D eigenvalue weighted by molar-refractivity contribution is 0.215. The van der Waals surface area contributed by atoms with Crippen LogP contribution in [-0.4, -0.2) is 63.6 Å². The highest BCUT2D eigenvalue weighted by atomic mass is 32.1. The van der Waals surface area contributed by atoms with Gasteiger partial charge in [0, 0.05) is 59.8 Å². The lowest BCUT2D eigenvalue weighted by Crippen LogP contribution is -2.30. The number of carbonyl (C=O) groups is 1. The molecule has 1 aliphatic carbocycles. The SMILES string of the molecule is CN(CCO)CCn1cc(-c2cc3nccc(Oc4ccc(NC(=O)NC5CC5)cc4F)c3s2)cn1. The van der Waals surface area contributed by atoms with Crippen LogP contribution in [0.1, 0.15) is 12.8 Å². The number of nitrogens with one attached hydrogen (secondary N) is 2. The molecule has 1 aromatic carbocycles. The third kappa shape index (κ3) is 5.81. The van der Waals surface area contributed by atoms with Crippen molar-refractivity contribution >= 4 is 33.3 Å². The molecule has 0 radical (unpaired) electrons. The van der Waals surface area contributed by atoms with Crippen LogP contribution in [0.5, 0.6) is 11.5 Å². The van der Waals surface area contributed by atoms with Crippen molar-refractivity contribution in [3.8, 4) is 21.9 Å². The van der Waals surface area contributed by atoms with Crippen molar-refractivity contribution in [2.75, 3.05) is 32.1 Å². The van der Waals surface area contributed by atoms with Crippen molar-refractivity contribution < 1.29 is 19.0 Å². The highest BCUT2D eigenvalue weighted by molar-refractivity contribution is 7.22. The first kappa shape index (κ1) is 24.2. The summed E-state index contributed by atoms with van der Waals surface area (Å²) in [6.07, 6.45) is 7.37. The van der Waals surface area contributed by atoms with Gasteiger partial charge in [-0.25, -0.2) is 9.18 Å². The van der Waals surface area contributed by atoms with E-state index in [2.05, 4.69) is 20.7 Å². The van der Waals surface area contributed by atoms with Gasteiger partial charge in [0.15, 0.2) is 11.6 Å². The Balaban J connectivity index is 1.29. The van der Waals surface area contributed by atoms with Crippen molar-refractivity contribution in [2.24, 2.45) is 0 Å². The number of halogens is 1. The molecule has 1 saturated carbocycles. The van der Waals surface area contributed by atoms with Gasteiger partial charge in [-0.3, -0.25) is 9.67 Å². The molecule has 9 nitrogen and oxygen atoms in total. The van der Waals surface area contributed by atoms with E-state index in [-0.39, 0.29) is 24.4 Å². The highest BCUT2D eigenvalue weighted by Crippen LogP contribution is 2.39.